The summed E-state index contributed by atoms with van der Waals surface area (Å²) in [7, 11) is -3.37. The molecule has 1 atom stereocenters. The van der Waals surface area contributed by atoms with Crippen LogP contribution in [0.15, 0.2) is 14.1 Å². The lowest BCUT2D eigenvalue weighted by Gasteiger charge is -2.14. The van der Waals surface area contributed by atoms with Crippen molar-refractivity contribution < 1.29 is 8.42 Å². The van der Waals surface area contributed by atoms with Gasteiger partial charge in [-0.3, -0.25) is 0 Å². The van der Waals surface area contributed by atoms with Gasteiger partial charge in [-0.25, -0.2) is 8.42 Å². The molecule has 0 radical (unpaired) electrons. The van der Waals surface area contributed by atoms with Crippen molar-refractivity contribution in [3.05, 3.63) is 14.9 Å². The number of rotatable bonds is 4. The number of sulfonamides is 1. The Morgan fingerprint density at radius 2 is 2.28 bits per heavy atom. The van der Waals surface area contributed by atoms with Crippen molar-refractivity contribution in [3.8, 4) is 0 Å². The van der Waals surface area contributed by atoms with Crippen molar-refractivity contribution in [1.82, 2.24) is 4.31 Å². The number of hydrogen-bond acceptors (Lipinski definition) is 3. The zero-order chi connectivity index (χ0) is 13.3. The third-order valence-electron chi connectivity index (χ3n) is 2.98. The smallest absolute Gasteiger partial charge is 0.206 e. The summed E-state index contributed by atoms with van der Waals surface area (Å²) in [6.07, 6.45) is 1.95. The monoisotopic (exact) mass is 435 g/mol. The van der Waals surface area contributed by atoms with Gasteiger partial charge in [0.05, 0.1) is 8.81 Å². The van der Waals surface area contributed by atoms with Crippen LogP contribution >= 0.6 is 54.8 Å². The minimum atomic E-state index is -3.37. The van der Waals surface area contributed by atoms with Gasteiger partial charge in [0.25, 0.3) is 10.0 Å². The van der Waals surface area contributed by atoms with E-state index in [1.807, 2.05) is 0 Å². The van der Waals surface area contributed by atoms with Crippen LogP contribution in [0.5, 0.6) is 0 Å². The summed E-state index contributed by atoms with van der Waals surface area (Å²) in [5, 5.41) is 1.37. The minimum Gasteiger partial charge on any atom is -0.206 e. The molecule has 1 aromatic rings. The predicted octanol–water partition coefficient (Wildman–Crippen LogP) is 3.96. The topological polar surface area (TPSA) is 37.4 Å². The first kappa shape index (κ1) is 15.3. The maximum absolute atomic E-state index is 12.4. The molecule has 0 aromatic carbocycles. The van der Waals surface area contributed by atoms with E-state index in [1.165, 1.54) is 17.4 Å². The van der Waals surface area contributed by atoms with Crippen LogP contribution < -0.4 is 0 Å². The average Bonchev–Trinajstić information content (AvgIpc) is 2.88. The normalized spacial score (nSPS) is 21.6. The van der Waals surface area contributed by atoms with Gasteiger partial charge in [0.1, 0.15) is 4.21 Å². The van der Waals surface area contributed by atoms with Crippen LogP contribution in [0.2, 0.25) is 5.02 Å². The van der Waals surface area contributed by atoms with E-state index >= 15 is 0 Å². The highest BCUT2D eigenvalue weighted by atomic mass is 79.9. The van der Waals surface area contributed by atoms with Gasteiger partial charge in [0.2, 0.25) is 0 Å². The van der Waals surface area contributed by atoms with Crippen LogP contribution in [0.3, 0.4) is 0 Å². The van der Waals surface area contributed by atoms with Gasteiger partial charge in [-0.1, -0.05) is 27.5 Å². The highest BCUT2D eigenvalue weighted by molar-refractivity contribution is 9.11. The van der Waals surface area contributed by atoms with E-state index in [0.717, 1.165) is 18.2 Å². The van der Waals surface area contributed by atoms with Crippen molar-refractivity contribution in [1.29, 1.82) is 0 Å². The van der Waals surface area contributed by atoms with Crippen molar-refractivity contribution in [2.24, 2.45) is 5.92 Å². The van der Waals surface area contributed by atoms with Gasteiger partial charge >= 0.3 is 0 Å². The Morgan fingerprint density at radius 1 is 1.56 bits per heavy atom. The van der Waals surface area contributed by atoms with E-state index < -0.39 is 10.0 Å². The zero-order valence-corrected chi connectivity index (χ0v) is 15.0. The Kier molecular flexibility index (Phi) is 5.17. The molecule has 2 rings (SSSR count). The third kappa shape index (κ3) is 3.12. The van der Waals surface area contributed by atoms with Crippen LogP contribution in [0.25, 0.3) is 0 Å². The average molecular weight is 438 g/mol. The fraction of sp³-hybridized carbons (Fsp3) is 0.600. The summed E-state index contributed by atoms with van der Waals surface area (Å²) in [4.78, 5) is 0. The summed E-state index contributed by atoms with van der Waals surface area (Å²) >= 11 is 13.7. The molecule has 0 amide bonds. The van der Waals surface area contributed by atoms with E-state index in [0.29, 0.717) is 32.0 Å². The fourth-order valence-electron chi connectivity index (χ4n) is 1.99. The molecule has 0 N–H and O–H groups in total. The Labute approximate surface area is 133 Å². The quantitative estimate of drug-likeness (QED) is 0.669. The Bertz CT molecular complexity index is 512. The molecule has 1 aromatic heterocycles. The largest absolute Gasteiger partial charge is 0.252 e. The fourth-order valence-corrected chi connectivity index (χ4v) is 6.72. The van der Waals surface area contributed by atoms with Crippen molar-refractivity contribution in [3.63, 3.8) is 0 Å². The summed E-state index contributed by atoms with van der Waals surface area (Å²) in [5.74, 6) is 0.457. The van der Waals surface area contributed by atoms with Crippen molar-refractivity contribution >= 4 is 64.8 Å². The molecule has 0 bridgehead atoms. The van der Waals surface area contributed by atoms with Crippen molar-refractivity contribution in [2.75, 3.05) is 18.4 Å². The number of halogens is 3. The number of thiophene rings is 1. The third-order valence-corrected chi connectivity index (χ3v) is 8.23. The second-order valence-electron chi connectivity index (χ2n) is 4.18. The van der Waals surface area contributed by atoms with Gasteiger partial charge in [-0.05, 0) is 40.8 Å². The molecule has 1 aliphatic rings. The summed E-state index contributed by atoms with van der Waals surface area (Å²) < 4.78 is 27.3. The molecule has 1 fully saturated rings. The zero-order valence-electron chi connectivity index (χ0n) is 9.40. The molecule has 1 unspecified atom stereocenters. The molecule has 0 saturated carbocycles. The van der Waals surface area contributed by atoms with Crippen molar-refractivity contribution in [2.45, 2.75) is 17.1 Å². The lowest BCUT2D eigenvalue weighted by Crippen LogP contribution is -2.28. The maximum atomic E-state index is 12.4. The predicted molar refractivity (Wildman–Crippen MR) is 82.3 cm³/mol. The van der Waals surface area contributed by atoms with Crippen LogP contribution in [-0.4, -0.2) is 31.1 Å². The summed E-state index contributed by atoms with van der Waals surface area (Å²) in [6.45, 7) is 1.22. The van der Waals surface area contributed by atoms with E-state index in [1.54, 1.807) is 4.31 Å². The van der Waals surface area contributed by atoms with Crippen LogP contribution in [0.1, 0.15) is 12.8 Å². The van der Waals surface area contributed by atoms with Gasteiger partial charge in [0.15, 0.2) is 0 Å². The second-order valence-corrected chi connectivity index (χ2v) is 9.92. The summed E-state index contributed by atoms with van der Waals surface area (Å²) in [5.41, 5.74) is 0. The lowest BCUT2D eigenvalue weighted by atomic mass is 10.1. The minimum absolute atomic E-state index is 0.318. The molecule has 102 valence electrons. The van der Waals surface area contributed by atoms with E-state index in [9.17, 15) is 8.42 Å². The molecule has 0 spiro atoms. The van der Waals surface area contributed by atoms with Gasteiger partial charge in [-0.15, -0.1) is 11.3 Å². The standard InChI is InChI=1S/C10H12Br2ClNO2S2/c11-3-1-7-2-4-14(6-7)18(15,16)9-5-8(13)10(12)17-9/h5,7H,1-4,6H2. The Hall–Kier alpha value is 0.860. The molecular weight excluding hydrogens is 426 g/mol. The van der Waals surface area contributed by atoms with Crippen LogP contribution in [-0.2, 0) is 10.0 Å². The molecule has 8 heteroatoms. The molecule has 1 aliphatic heterocycles. The molecule has 18 heavy (non-hydrogen) atoms. The van der Waals surface area contributed by atoms with Gasteiger partial charge < -0.3 is 0 Å². The molecule has 0 aliphatic carbocycles. The second kappa shape index (κ2) is 6.10. The first-order valence-electron chi connectivity index (χ1n) is 5.46. The maximum Gasteiger partial charge on any atom is 0.252 e. The van der Waals surface area contributed by atoms with E-state index in [-0.39, 0.29) is 0 Å². The Morgan fingerprint density at radius 3 is 2.83 bits per heavy atom. The summed E-state index contributed by atoms with van der Waals surface area (Å²) in [6, 6.07) is 1.52. The number of nitrogens with zero attached hydrogens (tertiary/aromatic N) is 1. The van der Waals surface area contributed by atoms with E-state index in [4.69, 9.17) is 11.6 Å². The van der Waals surface area contributed by atoms with Crippen LogP contribution in [0.4, 0.5) is 0 Å². The molecule has 1 saturated heterocycles. The lowest BCUT2D eigenvalue weighted by molar-refractivity contribution is 0.455. The van der Waals surface area contributed by atoms with Gasteiger partial charge in [-0.2, -0.15) is 4.31 Å². The first-order chi connectivity index (χ1) is 8.45. The molecular formula is C10H12Br2ClNO2S2. The molecule has 3 nitrogen and oxygen atoms in total. The first-order valence-corrected chi connectivity index (χ1v) is 10.0. The number of alkyl halides is 1. The van der Waals surface area contributed by atoms with E-state index in [2.05, 4.69) is 31.9 Å². The Balaban J connectivity index is 2.17. The molecule has 2 heterocycles. The highest BCUT2D eigenvalue weighted by Crippen LogP contribution is 2.37. The SMILES string of the molecule is O=S(=O)(c1cc(Cl)c(Br)s1)N1CCC(CCBr)C1. The van der Waals surface area contributed by atoms with Gasteiger partial charge in [0, 0.05) is 18.4 Å². The van der Waals surface area contributed by atoms with Crippen LogP contribution in [0, 0.1) is 5.92 Å². The number of hydrogen-bond donors (Lipinski definition) is 0. The highest BCUT2D eigenvalue weighted by Gasteiger charge is 2.33.